The number of amides is 1. The highest BCUT2D eigenvalue weighted by Crippen LogP contribution is 2.29. The topological polar surface area (TPSA) is 75.7 Å². The van der Waals surface area contributed by atoms with Crippen molar-refractivity contribution in [3.8, 4) is 5.75 Å². The number of hydrogen-bond donors (Lipinski definition) is 1. The Hall–Kier alpha value is -2.54. The van der Waals surface area contributed by atoms with Gasteiger partial charge in [-0.25, -0.2) is 8.42 Å². The van der Waals surface area contributed by atoms with Gasteiger partial charge in [0.25, 0.3) is 0 Å². The summed E-state index contributed by atoms with van der Waals surface area (Å²) in [5, 5.41) is 2.71. The van der Waals surface area contributed by atoms with Crippen LogP contribution in [0.4, 0.5) is 11.4 Å². The van der Waals surface area contributed by atoms with Gasteiger partial charge in [-0.3, -0.25) is 9.10 Å². The average molecular weight is 376 g/mol. The van der Waals surface area contributed by atoms with Gasteiger partial charge in [0.15, 0.2) is 0 Å². The molecule has 0 spiro atoms. The summed E-state index contributed by atoms with van der Waals surface area (Å²) < 4.78 is 30.8. The first-order chi connectivity index (χ1) is 12.2. The lowest BCUT2D eigenvalue weighted by molar-refractivity contribution is -0.114. The number of hydrogen-bond acceptors (Lipinski definition) is 4. The summed E-state index contributed by atoms with van der Waals surface area (Å²) >= 11 is 0. The molecule has 1 amide bonds. The van der Waals surface area contributed by atoms with E-state index in [0.29, 0.717) is 17.1 Å². The van der Waals surface area contributed by atoms with E-state index in [-0.39, 0.29) is 12.5 Å². The number of carbonyl (C=O) groups is 1. The van der Waals surface area contributed by atoms with Gasteiger partial charge in [-0.1, -0.05) is 32.0 Å². The van der Waals surface area contributed by atoms with Gasteiger partial charge in [-0.2, -0.15) is 0 Å². The Balaban J connectivity index is 2.25. The van der Waals surface area contributed by atoms with Crippen LogP contribution in [0.15, 0.2) is 48.5 Å². The third kappa shape index (κ3) is 4.98. The maximum atomic E-state index is 12.4. The van der Waals surface area contributed by atoms with Gasteiger partial charge in [-0.15, -0.1) is 0 Å². The second kappa shape index (κ2) is 8.23. The van der Waals surface area contributed by atoms with Crippen LogP contribution in [0.2, 0.25) is 0 Å². The van der Waals surface area contributed by atoms with Gasteiger partial charge in [0.2, 0.25) is 15.9 Å². The zero-order chi connectivity index (χ0) is 19.3. The first-order valence-electron chi connectivity index (χ1n) is 8.23. The lowest BCUT2D eigenvalue weighted by atomic mass is 10.0. The van der Waals surface area contributed by atoms with Crippen molar-refractivity contribution in [2.24, 2.45) is 0 Å². The maximum Gasteiger partial charge on any atom is 0.245 e. The fourth-order valence-electron chi connectivity index (χ4n) is 2.59. The molecule has 0 aliphatic rings. The molecule has 26 heavy (non-hydrogen) atoms. The van der Waals surface area contributed by atoms with Crippen molar-refractivity contribution >= 4 is 27.3 Å². The van der Waals surface area contributed by atoms with E-state index in [1.165, 1.54) is 0 Å². The second-order valence-corrected chi connectivity index (χ2v) is 8.17. The van der Waals surface area contributed by atoms with Crippen molar-refractivity contribution < 1.29 is 17.9 Å². The predicted molar refractivity (Wildman–Crippen MR) is 104 cm³/mol. The third-order valence-corrected chi connectivity index (χ3v) is 5.02. The number of sulfonamides is 1. The molecule has 0 aliphatic carbocycles. The molecule has 0 saturated carbocycles. The van der Waals surface area contributed by atoms with Crippen LogP contribution in [-0.2, 0) is 14.8 Å². The van der Waals surface area contributed by atoms with Crippen LogP contribution in [-0.4, -0.2) is 34.2 Å². The zero-order valence-electron chi connectivity index (χ0n) is 15.4. The molecule has 0 fully saturated rings. The number of nitrogens with zero attached hydrogens (tertiary/aromatic N) is 1. The molecule has 0 aliphatic heterocycles. The Morgan fingerprint density at radius 3 is 2.27 bits per heavy atom. The second-order valence-electron chi connectivity index (χ2n) is 6.26. The Morgan fingerprint density at radius 1 is 1.12 bits per heavy atom. The maximum absolute atomic E-state index is 12.4. The van der Waals surface area contributed by atoms with Crippen LogP contribution in [0.5, 0.6) is 5.75 Å². The minimum absolute atomic E-state index is 0.125. The van der Waals surface area contributed by atoms with Crippen LogP contribution in [0.25, 0.3) is 0 Å². The zero-order valence-corrected chi connectivity index (χ0v) is 16.2. The normalized spacial score (nSPS) is 11.3. The first kappa shape index (κ1) is 19.8. The predicted octanol–water partition coefficient (Wildman–Crippen LogP) is 3.22. The molecule has 0 saturated heterocycles. The SMILES string of the molecule is COc1ccc(NC(=O)CN(c2ccccc2C(C)C)S(C)(=O)=O)cc1. The average Bonchev–Trinajstić information content (AvgIpc) is 2.59. The summed E-state index contributed by atoms with van der Waals surface area (Å²) in [7, 11) is -2.06. The molecule has 0 bridgehead atoms. The van der Waals surface area contributed by atoms with Crippen LogP contribution in [0.3, 0.4) is 0 Å². The van der Waals surface area contributed by atoms with Gasteiger partial charge in [0, 0.05) is 5.69 Å². The molecule has 0 heterocycles. The Bertz CT molecular complexity index is 861. The molecular weight excluding hydrogens is 352 g/mol. The summed E-state index contributed by atoms with van der Waals surface area (Å²) in [6.07, 6.45) is 1.10. The summed E-state index contributed by atoms with van der Waals surface area (Å²) in [6, 6.07) is 14.1. The molecule has 140 valence electrons. The minimum atomic E-state index is -3.62. The highest BCUT2D eigenvalue weighted by molar-refractivity contribution is 7.92. The standard InChI is InChI=1S/C19H24N2O4S/c1-14(2)17-7-5-6-8-18(17)21(26(4,23)24)13-19(22)20-15-9-11-16(25-3)12-10-15/h5-12,14H,13H2,1-4H3,(H,20,22). The van der Waals surface area contributed by atoms with Crippen molar-refractivity contribution in [1.82, 2.24) is 0 Å². The van der Waals surface area contributed by atoms with Crippen LogP contribution < -0.4 is 14.4 Å². The molecule has 6 nitrogen and oxygen atoms in total. The van der Waals surface area contributed by atoms with Crippen molar-refractivity contribution in [3.63, 3.8) is 0 Å². The molecule has 2 aromatic rings. The Kier molecular flexibility index (Phi) is 6.26. The summed E-state index contributed by atoms with van der Waals surface area (Å²) in [6.45, 7) is 3.67. The van der Waals surface area contributed by atoms with Gasteiger partial charge in [-0.05, 0) is 41.8 Å². The summed E-state index contributed by atoms with van der Waals surface area (Å²) in [5.74, 6) is 0.380. The number of nitrogens with one attached hydrogen (secondary N) is 1. The molecule has 7 heteroatoms. The highest BCUT2D eigenvalue weighted by Gasteiger charge is 2.24. The monoisotopic (exact) mass is 376 g/mol. The number of methoxy groups -OCH3 is 1. The van der Waals surface area contributed by atoms with E-state index in [1.807, 2.05) is 26.0 Å². The first-order valence-corrected chi connectivity index (χ1v) is 10.1. The van der Waals surface area contributed by atoms with Crippen LogP contribution in [0.1, 0.15) is 25.3 Å². The summed E-state index contributed by atoms with van der Waals surface area (Å²) in [4.78, 5) is 12.4. The smallest absolute Gasteiger partial charge is 0.245 e. The minimum Gasteiger partial charge on any atom is -0.497 e. The van der Waals surface area contributed by atoms with Gasteiger partial charge >= 0.3 is 0 Å². The molecule has 1 N–H and O–H groups in total. The number of rotatable bonds is 7. The molecular formula is C19H24N2O4S. The molecule has 0 radical (unpaired) electrons. The van der Waals surface area contributed by atoms with Crippen LogP contribution in [0, 0.1) is 0 Å². The lowest BCUT2D eigenvalue weighted by Gasteiger charge is -2.25. The number of anilines is 2. The Morgan fingerprint density at radius 2 is 1.73 bits per heavy atom. The van der Waals surface area contributed by atoms with E-state index >= 15 is 0 Å². The molecule has 0 unspecified atom stereocenters. The van der Waals surface area contributed by atoms with E-state index in [1.54, 1.807) is 43.5 Å². The van der Waals surface area contributed by atoms with E-state index in [9.17, 15) is 13.2 Å². The quantitative estimate of drug-likeness (QED) is 0.805. The van der Waals surface area contributed by atoms with Crippen molar-refractivity contribution in [1.29, 1.82) is 0 Å². The molecule has 2 rings (SSSR count). The number of para-hydroxylation sites is 1. The fourth-order valence-corrected chi connectivity index (χ4v) is 3.46. The van der Waals surface area contributed by atoms with E-state index in [4.69, 9.17) is 4.74 Å². The van der Waals surface area contributed by atoms with Gasteiger partial charge in [0.1, 0.15) is 12.3 Å². The number of benzene rings is 2. The van der Waals surface area contributed by atoms with Crippen LogP contribution >= 0.6 is 0 Å². The Labute approximate surface area is 154 Å². The van der Waals surface area contributed by atoms with Crippen molar-refractivity contribution in [3.05, 3.63) is 54.1 Å². The number of ether oxygens (including phenoxy) is 1. The lowest BCUT2D eigenvalue weighted by Crippen LogP contribution is -2.38. The van der Waals surface area contributed by atoms with Crippen molar-refractivity contribution in [2.45, 2.75) is 19.8 Å². The number of carbonyl (C=O) groups excluding carboxylic acids is 1. The van der Waals surface area contributed by atoms with E-state index in [0.717, 1.165) is 16.1 Å². The largest absolute Gasteiger partial charge is 0.497 e. The summed E-state index contributed by atoms with van der Waals surface area (Å²) in [5.41, 5.74) is 1.96. The highest BCUT2D eigenvalue weighted by atomic mass is 32.2. The fraction of sp³-hybridized carbons (Fsp3) is 0.316. The molecule has 0 aromatic heterocycles. The molecule has 2 aromatic carbocycles. The van der Waals surface area contributed by atoms with Gasteiger partial charge < -0.3 is 10.1 Å². The van der Waals surface area contributed by atoms with E-state index < -0.39 is 15.9 Å². The van der Waals surface area contributed by atoms with Gasteiger partial charge in [0.05, 0.1) is 19.1 Å². The third-order valence-electron chi connectivity index (χ3n) is 3.89. The molecule has 0 atom stereocenters. The van der Waals surface area contributed by atoms with Crippen molar-refractivity contribution in [2.75, 3.05) is 29.5 Å². The van der Waals surface area contributed by atoms with E-state index in [2.05, 4.69) is 5.32 Å².